The number of hydrogen-bond donors (Lipinski definition) is 1. The number of benzene rings is 1. The van der Waals surface area contributed by atoms with Crippen LogP contribution in [0.25, 0.3) is 10.4 Å². The van der Waals surface area contributed by atoms with Crippen LogP contribution in [-0.4, -0.2) is 30.9 Å². The number of fused-ring (bicyclic) bond motifs is 3. The first-order valence-corrected chi connectivity index (χ1v) is 8.71. The van der Waals surface area contributed by atoms with Crippen LogP contribution in [0.2, 0.25) is 0 Å². The van der Waals surface area contributed by atoms with Gasteiger partial charge in [0.2, 0.25) is 5.91 Å². The molecule has 6 nitrogen and oxygen atoms in total. The zero-order valence-corrected chi connectivity index (χ0v) is 14.8. The average Bonchev–Trinajstić information content (AvgIpc) is 3.02. The Morgan fingerprint density at radius 2 is 2.00 bits per heavy atom. The fourth-order valence-electron chi connectivity index (χ4n) is 2.77. The summed E-state index contributed by atoms with van der Waals surface area (Å²) in [6, 6.07) is 9.52. The number of esters is 1. The molecule has 25 heavy (non-hydrogen) atoms. The van der Waals surface area contributed by atoms with Gasteiger partial charge in [0.05, 0.1) is 23.7 Å². The van der Waals surface area contributed by atoms with Crippen molar-refractivity contribution in [2.24, 2.45) is 0 Å². The fourth-order valence-corrected chi connectivity index (χ4v) is 3.89. The van der Waals surface area contributed by atoms with Crippen molar-refractivity contribution < 1.29 is 19.1 Å². The predicted octanol–water partition coefficient (Wildman–Crippen LogP) is 2.57. The fraction of sp³-hybridized carbons (Fsp3) is 0.278. The maximum atomic E-state index is 12.3. The number of amides is 2. The second kappa shape index (κ2) is 7.06. The summed E-state index contributed by atoms with van der Waals surface area (Å²) >= 11 is 1.41. The van der Waals surface area contributed by atoms with Gasteiger partial charge in [-0.15, -0.1) is 11.3 Å². The Kier molecular flexibility index (Phi) is 4.85. The van der Waals surface area contributed by atoms with E-state index in [-0.39, 0.29) is 30.9 Å². The highest BCUT2D eigenvalue weighted by Crippen LogP contribution is 2.43. The molecule has 1 aromatic carbocycles. The second-order valence-corrected chi connectivity index (χ2v) is 6.74. The molecule has 2 aromatic rings. The van der Waals surface area contributed by atoms with Crippen molar-refractivity contribution in [2.75, 3.05) is 18.1 Å². The number of nitrogens with one attached hydrogen (secondary N) is 1. The number of rotatable bonds is 4. The van der Waals surface area contributed by atoms with Gasteiger partial charge < -0.3 is 15.0 Å². The Balaban J connectivity index is 1.81. The van der Waals surface area contributed by atoms with Crippen LogP contribution in [0.3, 0.4) is 0 Å². The average molecular weight is 358 g/mol. The molecule has 1 aliphatic heterocycles. The molecule has 0 bridgehead atoms. The molecule has 0 saturated heterocycles. The highest BCUT2D eigenvalue weighted by Gasteiger charge is 2.27. The lowest BCUT2D eigenvalue weighted by Gasteiger charge is -2.28. The largest absolute Gasteiger partial charge is 0.464 e. The highest BCUT2D eigenvalue weighted by molar-refractivity contribution is 7.17. The molecule has 2 amide bonds. The summed E-state index contributed by atoms with van der Waals surface area (Å²) in [6.45, 7) is 3.73. The van der Waals surface area contributed by atoms with Gasteiger partial charge in [-0.05, 0) is 17.7 Å². The summed E-state index contributed by atoms with van der Waals surface area (Å²) in [6.07, 6.45) is 0. The van der Waals surface area contributed by atoms with Gasteiger partial charge in [-0.2, -0.15) is 0 Å². The van der Waals surface area contributed by atoms with Crippen LogP contribution in [0, 0.1) is 0 Å². The van der Waals surface area contributed by atoms with Gasteiger partial charge in [-0.3, -0.25) is 14.4 Å². The predicted molar refractivity (Wildman–Crippen MR) is 95.6 cm³/mol. The summed E-state index contributed by atoms with van der Waals surface area (Å²) in [4.78, 5) is 38.3. The molecule has 0 spiro atoms. The van der Waals surface area contributed by atoms with Crippen molar-refractivity contribution in [2.45, 2.75) is 20.4 Å². The molecule has 1 N–H and O–H groups in total. The van der Waals surface area contributed by atoms with E-state index >= 15 is 0 Å². The summed E-state index contributed by atoms with van der Waals surface area (Å²) in [7, 11) is 0. The molecule has 130 valence electrons. The molecular weight excluding hydrogens is 340 g/mol. The summed E-state index contributed by atoms with van der Waals surface area (Å²) in [5.74, 6) is -0.614. The van der Waals surface area contributed by atoms with E-state index < -0.39 is 0 Å². The minimum Gasteiger partial charge on any atom is -0.464 e. The first-order valence-electron chi connectivity index (χ1n) is 7.89. The van der Waals surface area contributed by atoms with Crippen molar-refractivity contribution in [3.8, 4) is 10.4 Å². The van der Waals surface area contributed by atoms with Crippen molar-refractivity contribution in [3.63, 3.8) is 0 Å². The summed E-state index contributed by atoms with van der Waals surface area (Å²) in [5.41, 5.74) is 2.79. The molecule has 1 aromatic heterocycles. The topological polar surface area (TPSA) is 75.7 Å². The van der Waals surface area contributed by atoms with Gasteiger partial charge in [0, 0.05) is 24.3 Å². The van der Waals surface area contributed by atoms with Crippen LogP contribution in [-0.2, 0) is 20.9 Å². The molecule has 0 radical (unpaired) electrons. The first-order chi connectivity index (χ1) is 12.0. The van der Waals surface area contributed by atoms with Crippen LogP contribution in [0.1, 0.15) is 29.1 Å². The zero-order valence-electron chi connectivity index (χ0n) is 14.0. The van der Waals surface area contributed by atoms with E-state index in [4.69, 9.17) is 4.74 Å². The van der Waals surface area contributed by atoms with Crippen molar-refractivity contribution in [3.05, 3.63) is 40.8 Å². The number of thiophene rings is 1. The number of anilines is 1. The van der Waals surface area contributed by atoms with E-state index in [0.29, 0.717) is 11.4 Å². The minimum absolute atomic E-state index is 0.0308. The van der Waals surface area contributed by atoms with Gasteiger partial charge in [0.15, 0.2) is 0 Å². The molecule has 7 heteroatoms. The van der Waals surface area contributed by atoms with Crippen LogP contribution in [0.4, 0.5) is 5.69 Å². The molecule has 0 unspecified atom stereocenters. The third kappa shape index (κ3) is 3.56. The Labute approximate surface area is 149 Å². The van der Waals surface area contributed by atoms with E-state index in [9.17, 15) is 14.4 Å². The quantitative estimate of drug-likeness (QED) is 0.673. The number of nitrogens with zero attached hydrogens (tertiary/aromatic N) is 1. The van der Waals surface area contributed by atoms with E-state index in [1.807, 2.05) is 30.3 Å². The van der Waals surface area contributed by atoms with Crippen LogP contribution in [0.15, 0.2) is 30.3 Å². The number of hydrogen-bond acceptors (Lipinski definition) is 5. The summed E-state index contributed by atoms with van der Waals surface area (Å²) in [5, 5.41) is 2.74. The number of ether oxygens (including phenoxy) is 1. The third-order valence-electron chi connectivity index (χ3n) is 3.87. The van der Waals surface area contributed by atoms with Crippen LogP contribution in [0.5, 0.6) is 0 Å². The van der Waals surface area contributed by atoms with Crippen molar-refractivity contribution >= 4 is 34.8 Å². The standard InChI is InChI=1S/C18H18N2O4S/c1-11(21)20-10-13-9-16(18(23)19-7-8-24-12(2)22)25-17(13)14-5-3-4-6-15(14)20/h3-6,9H,7-8,10H2,1-2H3,(H,19,23). The second-order valence-electron chi connectivity index (χ2n) is 5.68. The molecule has 2 heterocycles. The van der Waals surface area contributed by atoms with Gasteiger partial charge in [-0.1, -0.05) is 18.2 Å². The van der Waals surface area contributed by atoms with E-state index in [1.54, 1.807) is 4.90 Å². The summed E-state index contributed by atoms with van der Waals surface area (Å²) < 4.78 is 4.80. The van der Waals surface area contributed by atoms with Crippen LogP contribution < -0.4 is 10.2 Å². The monoisotopic (exact) mass is 358 g/mol. The molecular formula is C18H18N2O4S. The Bertz CT molecular complexity index is 843. The number of carbonyl (C=O) groups is 3. The van der Waals surface area contributed by atoms with E-state index in [0.717, 1.165) is 21.7 Å². The van der Waals surface area contributed by atoms with Gasteiger partial charge >= 0.3 is 5.97 Å². The molecule has 0 aliphatic carbocycles. The molecule has 3 rings (SSSR count). The Morgan fingerprint density at radius 3 is 2.72 bits per heavy atom. The van der Waals surface area contributed by atoms with E-state index in [2.05, 4.69) is 5.32 Å². The number of para-hydroxylation sites is 1. The van der Waals surface area contributed by atoms with Gasteiger partial charge in [0.25, 0.3) is 5.91 Å². The van der Waals surface area contributed by atoms with E-state index in [1.165, 1.54) is 25.2 Å². The lowest BCUT2D eigenvalue weighted by molar-refractivity contribution is -0.140. The lowest BCUT2D eigenvalue weighted by atomic mass is 10.0. The smallest absolute Gasteiger partial charge is 0.302 e. The molecule has 1 aliphatic rings. The highest BCUT2D eigenvalue weighted by atomic mass is 32.1. The van der Waals surface area contributed by atoms with Crippen LogP contribution >= 0.6 is 11.3 Å². The van der Waals surface area contributed by atoms with Crippen molar-refractivity contribution in [1.82, 2.24) is 5.32 Å². The maximum absolute atomic E-state index is 12.3. The first kappa shape index (κ1) is 17.2. The Hall–Kier alpha value is -2.67. The zero-order chi connectivity index (χ0) is 18.0. The normalized spacial score (nSPS) is 12.2. The van der Waals surface area contributed by atoms with Crippen molar-refractivity contribution in [1.29, 1.82) is 0 Å². The van der Waals surface area contributed by atoms with Gasteiger partial charge in [-0.25, -0.2) is 0 Å². The molecule has 0 atom stereocenters. The third-order valence-corrected chi connectivity index (χ3v) is 5.08. The lowest BCUT2D eigenvalue weighted by Crippen LogP contribution is -2.30. The Morgan fingerprint density at radius 1 is 1.24 bits per heavy atom. The molecule has 0 fully saturated rings. The number of carbonyl (C=O) groups excluding carboxylic acids is 3. The maximum Gasteiger partial charge on any atom is 0.302 e. The van der Waals surface area contributed by atoms with Gasteiger partial charge in [0.1, 0.15) is 6.61 Å². The SMILES string of the molecule is CC(=O)OCCNC(=O)c1cc2c(s1)-c1ccccc1N(C(C)=O)C2. The molecule has 0 saturated carbocycles. The minimum atomic E-state index is -0.373.